The normalized spacial score (nSPS) is 15.9. The molecule has 1 aliphatic heterocycles. The molecule has 9 heteroatoms. The van der Waals surface area contributed by atoms with Gasteiger partial charge in [0.15, 0.2) is 12.4 Å². The minimum absolute atomic E-state index is 0.267. The van der Waals surface area contributed by atoms with E-state index in [-0.39, 0.29) is 5.91 Å². The molecule has 3 aromatic rings. The first-order valence-electron chi connectivity index (χ1n) is 8.13. The number of aromatic amines is 1. The highest BCUT2D eigenvalue weighted by molar-refractivity contribution is 6.35. The van der Waals surface area contributed by atoms with E-state index in [2.05, 4.69) is 25.7 Å². The van der Waals surface area contributed by atoms with Crippen LogP contribution in [0.4, 0.5) is 11.6 Å². The van der Waals surface area contributed by atoms with E-state index >= 15 is 0 Å². The Morgan fingerprint density at radius 3 is 2.89 bits per heavy atom. The maximum Gasteiger partial charge on any atom is 0.416 e. The highest BCUT2D eigenvalue weighted by atomic mass is 35.5. The number of hydrogen-bond donors (Lipinski definition) is 3. The molecular weight excluding hydrogens is 387 g/mol. The lowest BCUT2D eigenvalue weighted by atomic mass is 9.95. The molecule has 0 spiro atoms. The van der Waals surface area contributed by atoms with Crippen molar-refractivity contribution in [1.82, 2.24) is 15.1 Å². The van der Waals surface area contributed by atoms with Crippen molar-refractivity contribution < 1.29 is 9.48 Å². The number of anilines is 2. The second-order valence-electron chi connectivity index (χ2n) is 6.01. The number of aromatic nitrogens is 4. The number of amides is 1. The van der Waals surface area contributed by atoms with Gasteiger partial charge in [0.25, 0.3) is 5.91 Å². The van der Waals surface area contributed by atoms with Crippen molar-refractivity contribution in [3.8, 4) is 0 Å². The first kappa shape index (κ1) is 17.5. The van der Waals surface area contributed by atoms with Crippen LogP contribution in [0.2, 0.25) is 10.0 Å². The van der Waals surface area contributed by atoms with Gasteiger partial charge in [-0.25, -0.2) is 10.4 Å². The second kappa shape index (κ2) is 7.02. The smallest absolute Gasteiger partial charge is 0.321 e. The number of rotatable bonds is 3. The Morgan fingerprint density at radius 2 is 2.15 bits per heavy atom. The lowest BCUT2D eigenvalue weighted by Gasteiger charge is -2.24. The van der Waals surface area contributed by atoms with E-state index < -0.39 is 6.04 Å². The maximum absolute atomic E-state index is 13.1. The number of H-pyrrole nitrogens is 1. The molecule has 0 saturated heterocycles. The topological polar surface area (TPSA) is 86.6 Å². The standard InChI is InChI=1S/C18H14Cl2N6O/c1-10-15(17(27)25-12-3-2-6-21-8-12)16(26-18(24-10)22-9-23-26)13-5-4-11(19)7-14(13)20/h2-9,16H,1H3,(H2,22,23,24,25,27)/p+1. The van der Waals surface area contributed by atoms with Gasteiger partial charge >= 0.3 is 5.95 Å². The zero-order valence-electron chi connectivity index (χ0n) is 14.2. The Kier molecular flexibility index (Phi) is 4.55. The van der Waals surface area contributed by atoms with Gasteiger partial charge in [0.1, 0.15) is 0 Å². The third kappa shape index (κ3) is 3.27. The molecule has 27 heavy (non-hydrogen) atoms. The summed E-state index contributed by atoms with van der Waals surface area (Å²) in [6.07, 6.45) is 4.78. The van der Waals surface area contributed by atoms with E-state index in [0.717, 1.165) is 5.56 Å². The van der Waals surface area contributed by atoms with Crippen molar-refractivity contribution in [2.45, 2.75) is 13.0 Å². The van der Waals surface area contributed by atoms with E-state index in [1.165, 1.54) is 0 Å². The van der Waals surface area contributed by atoms with Crippen molar-refractivity contribution in [3.05, 3.63) is 75.9 Å². The first-order valence-corrected chi connectivity index (χ1v) is 8.89. The fourth-order valence-corrected chi connectivity index (χ4v) is 3.59. The van der Waals surface area contributed by atoms with Gasteiger partial charge in [-0.05, 0) is 31.2 Å². The van der Waals surface area contributed by atoms with Crippen LogP contribution in [-0.4, -0.2) is 21.0 Å². The van der Waals surface area contributed by atoms with Crippen LogP contribution < -0.4 is 15.3 Å². The SMILES string of the molecule is CC1=C(C(=O)Nc2cccnc2)C(c2ccc(Cl)cc2Cl)[n+]2[nH]cnc2N1. The zero-order valence-corrected chi connectivity index (χ0v) is 15.7. The lowest BCUT2D eigenvalue weighted by molar-refractivity contribution is -0.746. The van der Waals surface area contributed by atoms with Gasteiger partial charge in [-0.2, -0.15) is 0 Å². The number of benzene rings is 1. The van der Waals surface area contributed by atoms with Crippen molar-refractivity contribution >= 4 is 40.7 Å². The van der Waals surface area contributed by atoms with E-state index in [1.54, 1.807) is 47.7 Å². The highest BCUT2D eigenvalue weighted by Crippen LogP contribution is 2.34. The summed E-state index contributed by atoms with van der Waals surface area (Å²) in [5, 5.41) is 10.0. The van der Waals surface area contributed by atoms with Crippen LogP contribution in [0, 0.1) is 0 Å². The van der Waals surface area contributed by atoms with Crippen molar-refractivity contribution in [1.29, 1.82) is 0 Å². The van der Waals surface area contributed by atoms with Crippen LogP contribution in [0.25, 0.3) is 0 Å². The zero-order chi connectivity index (χ0) is 19.0. The van der Waals surface area contributed by atoms with E-state index in [0.29, 0.717) is 33.0 Å². The van der Waals surface area contributed by atoms with Gasteiger partial charge < -0.3 is 5.32 Å². The summed E-state index contributed by atoms with van der Waals surface area (Å²) in [5.74, 6) is 0.318. The van der Waals surface area contributed by atoms with Gasteiger partial charge in [0, 0.05) is 21.8 Å². The molecule has 1 aliphatic rings. The fourth-order valence-electron chi connectivity index (χ4n) is 3.08. The molecule has 1 unspecified atom stereocenters. The predicted octanol–water partition coefficient (Wildman–Crippen LogP) is 3.33. The number of allylic oxidation sites excluding steroid dienone is 1. The largest absolute Gasteiger partial charge is 0.416 e. The summed E-state index contributed by atoms with van der Waals surface area (Å²) in [6.45, 7) is 1.83. The van der Waals surface area contributed by atoms with Gasteiger partial charge in [0.05, 0.1) is 23.2 Å². The molecule has 3 heterocycles. The molecule has 1 atom stereocenters. The third-order valence-corrected chi connectivity index (χ3v) is 4.83. The average molecular weight is 402 g/mol. The van der Waals surface area contributed by atoms with Crippen LogP contribution in [0.15, 0.2) is 60.3 Å². The van der Waals surface area contributed by atoms with Crippen LogP contribution in [0.1, 0.15) is 18.5 Å². The van der Waals surface area contributed by atoms with Crippen LogP contribution >= 0.6 is 23.2 Å². The molecule has 2 aromatic heterocycles. The van der Waals surface area contributed by atoms with Gasteiger partial charge in [-0.1, -0.05) is 34.3 Å². The van der Waals surface area contributed by atoms with Crippen LogP contribution in [0.3, 0.4) is 0 Å². The molecule has 0 fully saturated rings. The monoisotopic (exact) mass is 401 g/mol. The summed E-state index contributed by atoms with van der Waals surface area (Å²) in [7, 11) is 0. The highest BCUT2D eigenvalue weighted by Gasteiger charge is 2.39. The summed E-state index contributed by atoms with van der Waals surface area (Å²) in [6, 6.07) is 8.24. The summed E-state index contributed by atoms with van der Waals surface area (Å²) >= 11 is 12.5. The number of pyridine rings is 1. The number of nitrogens with one attached hydrogen (secondary N) is 3. The third-order valence-electron chi connectivity index (χ3n) is 4.27. The Hall–Kier alpha value is -2.90. The molecule has 136 valence electrons. The number of carbonyl (C=O) groups excluding carboxylic acids is 1. The van der Waals surface area contributed by atoms with Crippen LogP contribution in [-0.2, 0) is 4.79 Å². The molecule has 0 aliphatic carbocycles. The number of nitrogens with zero attached hydrogens (tertiary/aromatic N) is 3. The second-order valence-corrected chi connectivity index (χ2v) is 6.85. The van der Waals surface area contributed by atoms with E-state index in [1.807, 2.05) is 13.0 Å². The van der Waals surface area contributed by atoms with Crippen molar-refractivity contribution in [2.24, 2.45) is 0 Å². The molecule has 0 radical (unpaired) electrons. The molecule has 0 saturated carbocycles. The van der Waals surface area contributed by atoms with Crippen LogP contribution in [0.5, 0.6) is 0 Å². The minimum atomic E-state index is -0.495. The number of halogens is 2. The molecular formula is C18H15Cl2N6O+. The van der Waals surface area contributed by atoms with Crippen molar-refractivity contribution in [3.63, 3.8) is 0 Å². The van der Waals surface area contributed by atoms with E-state index in [9.17, 15) is 4.79 Å². The number of fused-ring (bicyclic) bond motifs is 1. The molecule has 7 nitrogen and oxygen atoms in total. The van der Waals surface area contributed by atoms with Gasteiger partial charge in [-0.15, -0.1) is 4.68 Å². The molecule has 0 bridgehead atoms. The summed E-state index contributed by atoms with van der Waals surface area (Å²) < 4.78 is 1.75. The average Bonchev–Trinajstić information content (AvgIpc) is 3.09. The first-order chi connectivity index (χ1) is 13.0. The van der Waals surface area contributed by atoms with E-state index in [4.69, 9.17) is 23.2 Å². The molecule has 1 amide bonds. The lowest BCUT2D eigenvalue weighted by Crippen LogP contribution is -2.50. The summed E-state index contributed by atoms with van der Waals surface area (Å²) in [5.41, 5.74) is 2.52. The minimum Gasteiger partial charge on any atom is -0.321 e. The Balaban J connectivity index is 1.81. The summed E-state index contributed by atoms with van der Waals surface area (Å²) in [4.78, 5) is 21.4. The Labute approximate surface area is 165 Å². The quantitative estimate of drug-likeness (QED) is 0.587. The van der Waals surface area contributed by atoms with Gasteiger partial charge in [0.2, 0.25) is 0 Å². The molecule has 4 rings (SSSR count). The molecule has 1 aromatic carbocycles. The Morgan fingerprint density at radius 1 is 1.30 bits per heavy atom. The van der Waals surface area contributed by atoms with Crippen molar-refractivity contribution in [2.75, 3.05) is 10.6 Å². The number of hydrogen-bond acceptors (Lipinski definition) is 4. The molecule has 3 N–H and O–H groups in total. The Bertz CT molecular complexity index is 1050. The number of carbonyl (C=O) groups is 1. The fraction of sp³-hybridized carbons (Fsp3) is 0.111. The maximum atomic E-state index is 13.1. The van der Waals surface area contributed by atoms with Gasteiger partial charge in [-0.3, -0.25) is 9.78 Å². The predicted molar refractivity (Wildman–Crippen MR) is 103 cm³/mol.